The Morgan fingerprint density at radius 2 is 1.93 bits per heavy atom. The summed E-state index contributed by atoms with van der Waals surface area (Å²) in [7, 11) is 0. The first-order valence-electron chi connectivity index (χ1n) is 9.60. The van der Waals surface area contributed by atoms with Gasteiger partial charge in [-0.25, -0.2) is 13.9 Å². The van der Waals surface area contributed by atoms with Gasteiger partial charge in [-0.2, -0.15) is 4.98 Å². The Balaban J connectivity index is 1.70. The largest absolute Gasteiger partial charge is 0.463 e. The normalized spacial score (nSPS) is 15.5. The maximum atomic E-state index is 13.5. The van der Waals surface area contributed by atoms with Gasteiger partial charge in [0, 0.05) is 11.4 Å². The second-order valence-corrected chi connectivity index (χ2v) is 7.72. The maximum absolute atomic E-state index is 13.5. The first-order valence-corrected chi connectivity index (χ1v) is 10.6. The molecule has 3 aromatic rings. The van der Waals surface area contributed by atoms with Crippen molar-refractivity contribution in [3.63, 3.8) is 0 Å². The first kappa shape index (κ1) is 20.2. The summed E-state index contributed by atoms with van der Waals surface area (Å²) in [6.45, 7) is 3.82. The number of carbonyl (C=O) groups excluding carboxylic acids is 1. The number of thioether (sulfide) groups is 1. The molecule has 0 bridgehead atoms. The fraction of sp³-hybridized carbons (Fsp3) is 0.227. The van der Waals surface area contributed by atoms with Crippen LogP contribution in [0.5, 0.6) is 0 Å². The van der Waals surface area contributed by atoms with E-state index in [1.807, 2.05) is 30.3 Å². The summed E-state index contributed by atoms with van der Waals surface area (Å²) < 4.78 is 20.5. The molecular formula is C22H21FN4O2S. The van der Waals surface area contributed by atoms with Crippen LogP contribution in [0, 0.1) is 5.82 Å². The number of esters is 1. The Kier molecular flexibility index (Phi) is 5.85. The highest BCUT2D eigenvalue weighted by Gasteiger charge is 2.35. The molecule has 1 N–H and O–H groups in total. The number of nitrogens with zero attached hydrogens (tertiary/aromatic N) is 3. The van der Waals surface area contributed by atoms with Gasteiger partial charge in [0.15, 0.2) is 0 Å². The molecule has 0 amide bonds. The zero-order valence-corrected chi connectivity index (χ0v) is 17.4. The molecule has 30 heavy (non-hydrogen) atoms. The molecule has 0 unspecified atom stereocenters. The maximum Gasteiger partial charge on any atom is 0.338 e. The van der Waals surface area contributed by atoms with E-state index in [1.54, 1.807) is 30.7 Å². The highest BCUT2D eigenvalue weighted by atomic mass is 32.2. The Labute approximate surface area is 178 Å². The zero-order chi connectivity index (χ0) is 21.1. The fourth-order valence-electron chi connectivity index (χ4n) is 3.34. The van der Waals surface area contributed by atoms with Gasteiger partial charge in [-0.1, -0.05) is 54.2 Å². The third kappa shape index (κ3) is 4.09. The van der Waals surface area contributed by atoms with Crippen LogP contribution >= 0.6 is 11.8 Å². The summed E-state index contributed by atoms with van der Waals surface area (Å²) in [4.78, 5) is 17.3. The van der Waals surface area contributed by atoms with Gasteiger partial charge in [-0.15, -0.1) is 5.10 Å². The molecule has 1 aromatic heterocycles. The van der Waals surface area contributed by atoms with E-state index < -0.39 is 12.0 Å². The fourth-order valence-corrected chi connectivity index (χ4v) is 4.13. The second-order valence-electron chi connectivity index (χ2n) is 6.78. The molecule has 1 atom stereocenters. The van der Waals surface area contributed by atoms with Crippen LogP contribution in [0.4, 0.5) is 10.3 Å². The van der Waals surface area contributed by atoms with Gasteiger partial charge in [-0.05, 0) is 37.1 Å². The number of hydrogen-bond acceptors (Lipinski definition) is 6. The SMILES string of the molecule is CCOC(=O)C1=C(C)Nc2nc(SCc3ccccc3)nn2[C@@H]1c1ccc(F)cc1. The summed E-state index contributed by atoms with van der Waals surface area (Å²) in [6, 6.07) is 15.6. The van der Waals surface area contributed by atoms with E-state index in [0.29, 0.717) is 22.4 Å². The molecule has 0 saturated heterocycles. The van der Waals surface area contributed by atoms with E-state index in [-0.39, 0.29) is 12.4 Å². The molecule has 0 fully saturated rings. The molecule has 2 heterocycles. The average molecular weight is 425 g/mol. The molecular weight excluding hydrogens is 403 g/mol. The van der Waals surface area contributed by atoms with Gasteiger partial charge in [0.1, 0.15) is 11.9 Å². The number of rotatable bonds is 6. The van der Waals surface area contributed by atoms with Crippen molar-refractivity contribution in [2.24, 2.45) is 0 Å². The van der Waals surface area contributed by atoms with Crippen LogP contribution in [0.25, 0.3) is 0 Å². The van der Waals surface area contributed by atoms with E-state index in [0.717, 1.165) is 11.3 Å². The third-order valence-electron chi connectivity index (χ3n) is 4.72. The number of fused-ring (bicyclic) bond motifs is 1. The average Bonchev–Trinajstić information content (AvgIpc) is 3.15. The molecule has 0 saturated carbocycles. The number of anilines is 1. The standard InChI is InChI=1S/C22H21FN4O2S/c1-3-29-20(28)18-14(2)24-21-25-22(30-13-15-7-5-4-6-8-15)26-27(21)19(18)16-9-11-17(23)12-10-16/h4-12,19H,3,13H2,1-2H3,(H,24,25,26)/t19-/m1/s1. The Morgan fingerprint density at radius 1 is 1.20 bits per heavy atom. The lowest BCUT2D eigenvalue weighted by atomic mass is 9.96. The van der Waals surface area contributed by atoms with Crippen molar-refractivity contribution in [2.75, 3.05) is 11.9 Å². The number of benzene rings is 2. The van der Waals surface area contributed by atoms with Crippen molar-refractivity contribution in [1.82, 2.24) is 14.8 Å². The highest BCUT2D eigenvalue weighted by Crippen LogP contribution is 2.37. The molecule has 154 valence electrons. The van der Waals surface area contributed by atoms with Crippen LogP contribution in [-0.2, 0) is 15.3 Å². The minimum absolute atomic E-state index is 0.258. The second kappa shape index (κ2) is 8.71. The monoisotopic (exact) mass is 424 g/mol. The number of hydrogen-bond donors (Lipinski definition) is 1. The predicted molar refractivity (Wildman–Crippen MR) is 114 cm³/mol. The lowest BCUT2D eigenvalue weighted by Gasteiger charge is -2.28. The Morgan fingerprint density at radius 3 is 2.63 bits per heavy atom. The minimum atomic E-state index is -0.556. The quantitative estimate of drug-likeness (QED) is 0.462. The van der Waals surface area contributed by atoms with E-state index >= 15 is 0 Å². The number of ether oxygens (including phenoxy) is 1. The number of nitrogens with one attached hydrogen (secondary N) is 1. The van der Waals surface area contributed by atoms with Crippen molar-refractivity contribution in [1.29, 1.82) is 0 Å². The van der Waals surface area contributed by atoms with Crippen LogP contribution in [-0.4, -0.2) is 27.3 Å². The molecule has 0 aliphatic carbocycles. The van der Waals surface area contributed by atoms with Gasteiger partial charge in [-0.3, -0.25) is 0 Å². The minimum Gasteiger partial charge on any atom is -0.463 e. The number of aromatic nitrogens is 3. The summed E-state index contributed by atoms with van der Waals surface area (Å²) in [5, 5.41) is 8.39. The molecule has 4 rings (SSSR count). The molecule has 8 heteroatoms. The molecule has 6 nitrogen and oxygen atoms in total. The van der Waals surface area contributed by atoms with Crippen LogP contribution in [0.1, 0.15) is 31.0 Å². The Hall–Kier alpha value is -3.13. The van der Waals surface area contributed by atoms with Gasteiger partial charge in [0.25, 0.3) is 0 Å². The van der Waals surface area contributed by atoms with Crippen LogP contribution in [0.15, 0.2) is 71.0 Å². The van der Waals surface area contributed by atoms with Crippen molar-refractivity contribution in [2.45, 2.75) is 30.8 Å². The van der Waals surface area contributed by atoms with E-state index in [9.17, 15) is 9.18 Å². The number of allylic oxidation sites excluding steroid dienone is 1. The highest BCUT2D eigenvalue weighted by molar-refractivity contribution is 7.98. The van der Waals surface area contributed by atoms with Crippen molar-refractivity contribution in [3.8, 4) is 0 Å². The predicted octanol–water partition coefficient (Wildman–Crippen LogP) is 4.56. The molecule has 0 radical (unpaired) electrons. The van der Waals surface area contributed by atoms with Gasteiger partial charge in [0.2, 0.25) is 11.1 Å². The van der Waals surface area contributed by atoms with E-state index in [1.165, 1.54) is 29.5 Å². The van der Waals surface area contributed by atoms with E-state index in [4.69, 9.17) is 4.74 Å². The summed E-state index contributed by atoms with van der Waals surface area (Å²) >= 11 is 1.51. The lowest BCUT2D eigenvalue weighted by molar-refractivity contribution is -0.139. The van der Waals surface area contributed by atoms with E-state index in [2.05, 4.69) is 15.4 Å². The van der Waals surface area contributed by atoms with Gasteiger partial charge < -0.3 is 10.1 Å². The van der Waals surface area contributed by atoms with Crippen LogP contribution < -0.4 is 5.32 Å². The molecule has 2 aromatic carbocycles. The van der Waals surface area contributed by atoms with Crippen molar-refractivity contribution < 1.29 is 13.9 Å². The molecule has 1 aliphatic heterocycles. The summed E-state index contributed by atoms with van der Waals surface area (Å²) in [6.07, 6.45) is 0. The van der Waals surface area contributed by atoms with Crippen molar-refractivity contribution >= 4 is 23.7 Å². The molecule has 0 spiro atoms. The van der Waals surface area contributed by atoms with Crippen LogP contribution in [0.3, 0.4) is 0 Å². The third-order valence-corrected chi connectivity index (χ3v) is 5.63. The topological polar surface area (TPSA) is 69.0 Å². The lowest BCUT2D eigenvalue weighted by Crippen LogP contribution is -2.29. The van der Waals surface area contributed by atoms with Crippen LogP contribution in [0.2, 0.25) is 0 Å². The Bertz CT molecular complexity index is 1080. The van der Waals surface area contributed by atoms with Crippen molar-refractivity contribution in [3.05, 3.63) is 82.8 Å². The smallest absolute Gasteiger partial charge is 0.338 e. The first-order chi connectivity index (χ1) is 14.6. The number of halogens is 1. The van der Waals surface area contributed by atoms with Gasteiger partial charge >= 0.3 is 5.97 Å². The van der Waals surface area contributed by atoms with Gasteiger partial charge in [0.05, 0.1) is 12.2 Å². The number of carbonyl (C=O) groups is 1. The summed E-state index contributed by atoms with van der Waals surface area (Å²) in [5.74, 6) is 0.480. The molecule has 1 aliphatic rings. The summed E-state index contributed by atoms with van der Waals surface area (Å²) in [5.41, 5.74) is 2.97. The zero-order valence-electron chi connectivity index (χ0n) is 16.6.